The van der Waals surface area contributed by atoms with Crippen LogP contribution in [0.1, 0.15) is 21.5 Å². The molecular weight excluding hydrogens is 528 g/mol. The molecule has 0 atom stereocenters. The van der Waals surface area contributed by atoms with Crippen LogP contribution in [-0.4, -0.2) is 34.9 Å². The summed E-state index contributed by atoms with van der Waals surface area (Å²) in [7, 11) is 0. The van der Waals surface area contributed by atoms with E-state index in [9.17, 15) is 27.2 Å². The number of alkyl halides is 3. The number of aromatic nitrogens is 2. The molecular formula is C25H19ClF4N6O2. The summed E-state index contributed by atoms with van der Waals surface area (Å²) in [5, 5.41) is 7.00. The topological polar surface area (TPSA) is 122 Å². The number of halogens is 5. The summed E-state index contributed by atoms with van der Waals surface area (Å²) < 4.78 is 53.9. The van der Waals surface area contributed by atoms with Crippen molar-refractivity contribution >= 4 is 51.6 Å². The average Bonchev–Trinajstić information content (AvgIpc) is 2.87. The number of nitrogens with two attached hydrogens (primary N) is 1. The Morgan fingerprint density at radius 3 is 2.34 bits per heavy atom. The Bertz CT molecular complexity index is 1530. The van der Waals surface area contributed by atoms with E-state index >= 15 is 0 Å². The lowest BCUT2D eigenvalue weighted by atomic mass is 10.0. The number of hydrogen-bond donors (Lipinski definition) is 4. The molecule has 0 aliphatic heterocycles. The number of carbonyl (C=O) groups is 2. The lowest BCUT2D eigenvalue weighted by Gasteiger charge is -2.13. The van der Waals surface area contributed by atoms with Crippen molar-refractivity contribution in [1.29, 1.82) is 0 Å². The third-order valence-corrected chi connectivity index (χ3v) is 5.59. The Labute approximate surface area is 218 Å². The van der Waals surface area contributed by atoms with Gasteiger partial charge < -0.3 is 21.7 Å². The smallest absolute Gasteiger partial charge is 0.368 e. The number of anilines is 3. The zero-order chi connectivity index (χ0) is 27.4. The predicted octanol–water partition coefficient (Wildman–Crippen LogP) is 5.69. The molecule has 13 heteroatoms. The van der Waals surface area contributed by atoms with E-state index in [1.54, 1.807) is 6.07 Å². The summed E-state index contributed by atoms with van der Waals surface area (Å²) in [6.45, 7) is 0.876. The third-order valence-electron chi connectivity index (χ3n) is 5.26. The SMILES string of the molecule is NCCNc1cnc2ccc(C(=O)c3ccc(NC(=O)Nc4ccc(Cl)c(C(F)(F)F)c4)cc3F)cc2n1. The molecule has 3 aromatic carbocycles. The highest BCUT2D eigenvalue weighted by Gasteiger charge is 2.33. The first kappa shape index (κ1) is 26.8. The fourth-order valence-corrected chi connectivity index (χ4v) is 3.71. The molecule has 0 saturated carbocycles. The van der Waals surface area contributed by atoms with Gasteiger partial charge in [0.1, 0.15) is 11.6 Å². The van der Waals surface area contributed by atoms with Crippen LogP contribution in [0.5, 0.6) is 0 Å². The molecule has 0 saturated heterocycles. The molecule has 4 rings (SSSR count). The van der Waals surface area contributed by atoms with Crippen molar-refractivity contribution in [2.24, 2.45) is 5.73 Å². The van der Waals surface area contributed by atoms with Gasteiger partial charge in [-0.25, -0.2) is 14.2 Å². The van der Waals surface area contributed by atoms with Gasteiger partial charge in [-0.1, -0.05) is 11.6 Å². The first-order valence-electron chi connectivity index (χ1n) is 11.0. The molecule has 0 aliphatic rings. The second kappa shape index (κ2) is 11.0. The molecule has 0 unspecified atom stereocenters. The van der Waals surface area contributed by atoms with E-state index in [4.69, 9.17) is 17.3 Å². The molecule has 38 heavy (non-hydrogen) atoms. The summed E-state index contributed by atoms with van der Waals surface area (Å²) in [5.41, 5.74) is 5.02. The van der Waals surface area contributed by atoms with E-state index in [1.165, 1.54) is 36.5 Å². The minimum Gasteiger partial charge on any atom is -0.368 e. The summed E-state index contributed by atoms with van der Waals surface area (Å²) in [4.78, 5) is 33.8. The Kier molecular flexibility index (Phi) is 7.74. The van der Waals surface area contributed by atoms with Gasteiger partial charge in [0.05, 0.1) is 33.4 Å². The van der Waals surface area contributed by atoms with Crippen molar-refractivity contribution in [1.82, 2.24) is 9.97 Å². The summed E-state index contributed by atoms with van der Waals surface area (Å²) >= 11 is 5.57. The molecule has 0 bridgehead atoms. The van der Waals surface area contributed by atoms with Crippen LogP contribution in [0.25, 0.3) is 11.0 Å². The maximum absolute atomic E-state index is 14.8. The Morgan fingerprint density at radius 1 is 0.947 bits per heavy atom. The van der Waals surface area contributed by atoms with Gasteiger partial charge in [0, 0.05) is 30.0 Å². The number of fused-ring (bicyclic) bond motifs is 1. The minimum atomic E-state index is -4.71. The van der Waals surface area contributed by atoms with Gasteiger partial charge in [0.25, 0.3) is 0 Å². The monoisotopic (exact) mass is 546 g/mol. The van der Waals surface area contributed by atoms with Crippen LogP contribution in [0.4, 0.5) is 39.5 Å². The summed E-state index contributed by atoms with van der Waals surface area (Å²) in [5.74, 6) is -1.06. The number of ketones is 1. The highest BCUT2D eigenvalue weighted by Crippen LogP contribution is 2.36. The van der Waals surface area contributed by atoms with Gasteiger partial charge in [-0.3, -0.25) is 9.78 Å². The van der Waals surface area contributed by atoms with E-state index < -0.39 is 34.4 Å². The summed E-state index contributed by atoms with van der Waals surface area (Å²) in [6, 6.07) is 9.89. The minimum absolute atomic E-state index is 0.0263. The van der Waals surface area contributed by atoms with E-state index in [0.717, 1.165) is 12.1 Å². The van der Waals surface area contributed by atoms with Crippen LogP contribution in [0.3, 0.4) is 0 Å². The Morgan fingerprint density at radius 2 is 1.66 bits per heavy atom. The highest BCUT2D eigenvalue weighted by atomic mass is 35.5. The zero-order valence-electron chi connectivity index (χ0n) is 19.4. The molecule has 2 amide bonds. The fraction of sp³-hybridized carbons (Fsp3) is 0.120. The van der Waals surface area contributed by atoms with Gasteiger partial charge in [-0.05, 0) is 54.6 Å². The van der Waals surface area contributed by atoms with Crippen molar-refractivity contribution in [2.45, 2.75) is 6.18 Å². The van der Waals surface area contributed by atoms with Crippen LogP contribution in [0, 0.1) is 5.82 Å². The zero-order valence-corrected chi connectivity index (χ0v) is 20.1. The van der Waals surface area contributed by atoms with Crippen LogP contribution in [0.2, 0.25) is 5.02 Å². The maximum atomic E-state index is 14.8. The summed E-state index contributed by atoms with van der Waals surface area (Å²) in [6.07, 6.45) is -3.18. The van der Waals surface area contributed by atoms with Crippen molar-refractivity contribution < 1.29 is 27.2 Å². The van der Waals surface area contributed by atoms with Gasteiger partial charge in [0.2, 0.25) is 0 Å². The van der Waals surface area contributed by atoms with E-state index in [0.29, 0.717) is 36.0 Å². The van der Waals surface area contributed by atoms with E-state index in [1.807, 2.05) is 0 Å². The molecule has 1 aromatic heterocycles. The maximum Gasteiger partial charge on any atom is 0.417 e. The Hall–Kier alpha value is -4.29. The molecule has 0 spiro atoms. The molecule has 1 heterocycles. The van der Waals surface area contributed by atoms with Crippen molar-refractivity contribution in [3.8, 4) is 0 Å². The van der Waals surface area contributed by atoms with Crippen LogP contribution in [-0.2, 0) is 6.18 Å². The fourth-order valence-electron chi connectivity index (χ4n) is 3.48. The molecule has 5 N–H and O–H groups in total. The standard InChI is InChI=1S/C25H19ClF4N6O2/c26-18-5-3-14(10-17(18)25(28,29)30)34-24(38)35-15-2-4-16(19(27)11-15)23(37)13-1-6-20-21(9-13)36-22(12-33-20)32-8-7-31/h1-6,9-12H,7-8,31H2,(H,32,36)(H2,34,35,38). The van der Waals surface area contributed by atoms with Crippen molar-refractivity contribution in [3.63, 3.8) is 0 Å². The molecule has 0 radical (unpaired) electrons. The molecule has 0 aliphatic carbocycles. The van der Waals surface area contributed by atoms with Gasteiger partial charge in [-0.2, -0.15) is 13.2 Å². The number of hydrogen-bond acceptors (Lipinski definition) is 6. The molecule has 4 aromatic rings. The lowest BCUT2D eigenvalue weighted by molar-refractivity contribution is -0.137. The molecule has 0 fully saturated rings. The number of amides is 2. The Balaban J connectivity index is 1.48. The first-order valence-corrected chi connectivity index (χ1v) is 11.4. The van der Waals surface area contributed by atoms with Crippen LogP contribution < -0.4 is 21.7 Å². The quantitative estimate of drug-likeness (QED) is 0.175. The molecule has 196 valence electrons. The van der Waals surface area contributed by atoms with Crippen LogP contribution >= 0.6 is 11.6 Å². The number of rotatable bonds is 7. The average molecular weight is 547 g/mol. The highest BCUT2D eigenvalue weighted by molar-refractivity contribution is 6.31. The van der Waals surface area contributed by atoms with Gasteiger partial charge >= 0.3 is 12.2 Å². The van der Waals surface area contributed by atoms with Crippen molar-refractivity contribution in [2.75, 3.05) is 29.0 Å². The van der Waals surface area contributed by atoms with Gasteiger partial charge in [-0.15, -0.1) is 0 Å². The normalized spacial score (nSPS) is 11.3. The predicted molar refractivity (Wildman–Crippen MR) is 136 cm³/mol. The molecule has 8 nitrogen and oxygen atoms in total. The second-order valence-corrected chi connectivity index (χ2v) is 8.38. The number of nitrogens with one attached hydrogen (secondary N) is 3. The number of urea groups is 1. The van der Waals surface area contributed by atoms with Gasteiger partial charge in [0.15, 0.2) is 5.78 Å². The second-order valence-electron chi connectivity index (χ2n) is 7.97. The van der Waals surface area contributed by atoms with E-state index in [2.05, 4.69) is 25.9 Å². The third kappa shape index (κ3) is 6.15. The lowest BCUT2D eigenvalue weighted by Crippen LogP contribution is -2.20. The number of nitrogens with zero attached hydrogens (tertiary/aromatic N) is 2. The number of benzene rings is 3. The van der Waals surface area contributed by atoms with E-state index in [-0.39, 0.29) is 22.5 Å². The largest absolute Gasteiger partial charge is 0.417 e. The number of carbonyl (C=O) groups excluding carboxylic acids is 2. The van der Waals surface area contributed by atoms with Crippen LogP contribution in [0.15, 0.2) is 60.8 Å². The van der Waals surface area contributed by atoms with Crippen molar-refractivity contribution in [3.05, 3.63) is 88.3 Å². The first-order chi connectivity index (χ1) is 18.0.